The maximum absolute atomic E-state index is 12.1. The van der Waals surface area contributed by atoms with Gasteiger partial charge in [-0.05, 0) is 24.6 Å². The van der Waals surface area contributed by atoms with Crippen molar-refractivity contribution in [3.8, 4) is 0 Å². The monoisotopic (exact) mass is 374 g/mol. The molecule has 3 N–H and O–H groups in total. The van der Waals surface area contributed by atoms with E-state index >= 15 is 0 Å². The number of amides is 1. The second-order valence-corrected chi connectivity index (χ2v) is 7.89. The Kier molecular flexibility index (Phi) is 5.17. The Bertz CT molecular complexity index is 670. The summed E-state index contributed by atoms with van der Waals surface area (Å²) in [6.07, 6.45) is 2.36. The molecule has 0 aliphatic heterocycles. The minimum absolute atomic E-state index is 0.165. The van der Waals surface area contributed by atoms with Gasteiger partial charge in [-0.1, -0.05) is 15.9 Å². The van der Waals surface area contributed by atoms with Gasteiger partial charge >= 0.3 is 0 Å². The Morgan fingerprint density at radius 3 is 2.95 bits per heavy atom. The molecule has 1 unspecified atom stereocenters. The van der Waals surface area contributed by atoms with Crippen LogP contribution in [-0.2, 0) is 10.8 Å². The van der Waals surface area contributed by atoms with Crippen LogP contribution in [0.15, 0.2) is 22.7 Å². The highest BCUT2D eigenvalue weighted by atomic mass is 79.9. The molecule has 0 fully saturated rings. The number of carbonyl (C=O) groups excluding carboxylic acids is 1. The number of anilines is 1. The van der Waals surface area contributed by atoms with E-state index in [1.807, 2.05) is 18.2 Å². The van der Waals surface area contributed by atoms with Crippen LogP contribution in [-0.4, -0.2) is 28.7 Å². The van der Waals surface area contributed by atoms with Crippen LogP contribution in [0.4, 0.5) is 5.69 Å². The summed E-state index contributed by atoms with van der Waals surface area (Å²) < 4.78 is 12.9. The fourth-order valence-corrected chi connectivity index (χ4v) is 3.75. The maximum atomic E-state index is 12.1. The normalized spacial score (nSPS) is 12.5. The van der Waals surface area contributed by atoms with Gasteiger partial charge in [0.2, 0.25) is 0 Å². The van der Waals surface area contributed by atoms with Gasteiger partial charge in [-0.3, -0.25) is 9.00 Å². The number of rotatable bonds is 5. The Morgan fingerprint density at radius 2 is 2.25 bits per heavy atom. The summed E-state index contributed by atoms with van der Waals surface area (Å²) in [5.41, 5.74) is 6.56. The maximum Gasteiger partial charge on any atom is 0.263 e. The number of carbonyl (C=O) groups is 1. The first-order valence-corrected chi connectivity index (χ1v) is 9.38. The van der Waals surface area contributed by atoms with Gasteiger partial charge in [0, 0.05) is 43.9 Å². The summed E-state index contributed by atoms with van der Waals surface area (Å²) in [4.78, 5) is 12.6. The molecule has 7 heteroatoms. The average molecular weight is 375 g/mol. The number of benzene rings is 1. The zero-order chi connectivity index (χ0) is 14.7. The molecule has 1 aromatic carbocycles. The largest absolute Gasteiger partial charge is 0.397 e. The van der Waals surface area contributed by atoms with Crippen LogP contribution in [0.5, 0.6) is 0 Å². The topological polar surface area (TPSA) is 72.2 Å². The van der Waals surface area contributed by atoms with E-state index in [2.05, 4.69) is 21.2 Å². The van der Waals surface area contributed by atoms with Crippen LogP contribution >= 0.6 is 27.3 Å². The third-order valence-electron chi connectivity index (χ3n) is 2.79. The zero-order valence-electron chi connectivity index (χ0n) is 10.9. The Hall–Kier alpha value is -0.920. The lowest BCUT2D eigenvalue weighted by Gasteiger charge is -2.03. The fourth-order valence-electron chi connectivity index (χ4n) is 1.82. The number of halogens is 1. The smallest absolute Gasteiger partial charge is 0.263 e. The molecule has 0 radical (unpaired) electrons. The lowest BCUT2D eigenvalue weighted by atomic mass is 10.2. The molecule has 0 aliphatic rings. The van der Waals surface area contributed by atoms with E-state index in [9.17, 15) is 9.00 Å². The van der Waals surface area contributed by atoms with E-state index in [1.165, 1.54) is 11.3 Å². The molecule has 0 saturated carbocycles. The van der Waals surface area contributed by atoms with Crippen LogP contribution in [0.25, 0.3) is 10.1 Å². The first kappa shape index (κ1) is 15.5. The first-order valence-electron chi connectivity index (χ1n) is 6.05. The van der Waals surface area contributed by atoms with Crippen molar-refractivity contribution >= 4 is 59.7 Å². The number of nitrogens with one attached hydrogen (secondary N) is 1. The molecule has 0 spiro atoms. The van der Waals surface area contributed by atoms with Gasteiger partial charge in [0.1, 0.15) is 4.88 Å². The highest BCUT2D eigenvalue weighted by molar-refractivity contribution is 9.10. The van der Waals surface area contributed by atoms with E-state index in [0.29, 0.717) is 29.3 Å². The molecule has 1 atom stereocenters. The molecule has 4 nitrogen and oxygen atoms in total. The standard InChI is InChI=1S/C13H15BrN2O2S2/c1-20(18)6-2-5-16-13(17)12-11(15)9-7-8(14)3-4-10(9)19-12/h3-4,7H,2,5-6,15H2,1H3,(H,16,17). The van der Waals surface area contributed by atoms with Crippen LogP contribution in [0.1, 0.15) is 16.1 Å². The number of fused-ring (bicyclic) bond motifs is 1. The van der Waals surface area contributed by atoms with E-state index in [4.69, 9.17) is 5.73 Å². The van der Waals surface area contributed by atoms with Gasteiger partial charge in [-0.15, -0.1) is 11.3 Å². The fraction of sp³-hybridized carbons (Fsp3) is 0.308. The molecule has 108 valence electrons. The van der Waals surface area contributed by atoms with Crippen molar-refractivity contribution in [2.75, 3.05) is 24.3 Å². The summed E-state index contributed by atoms with van der Waals surface area (Å²) in [5, 5.41) is 3.71. The minimum Gasteiger partial charge on any atom is -0.397 e. The second kappa shape index (κ2) is 6.69. The molecule has 20 heavy (non-hydrogen) atoms. The van der Waals surface area contributed by atoms with Crippen LogP contribution in [0, 0.1) is 0 Å². The highest BCUT2D eigenvalue weighted by Gasteiger charge is 2.16. The summed E-state index contributed by atoms with van der Waals surface area (Å²) in [6.45, 7) is 0.510. The van der Waals surface area contributed by atoms with Crippen molar-refractivity contribution in [3.05, 3.63) is 27.5 Å². The molecule has 0 bridgehead atoms. The molecule has 1 aromatic heterocycles. The molecule has 1 amide bonds. The minimum atomic E-state index is -0.823. The van der Waals surface area contributed by atoms with Crippen molar-refractivity contribution in [2.45, 2.75) is 6.42 Å². The number of nitrogens with two attached hydrogens (primary N) is 1. The molecule has 1 heterocycles. The lowest BCUT2D eigenvalue weighted by molar-refractivity contribution is 0.0958. The Labute approximate surface area is 132 Å². The Morgan fingerprint density at radius 1 is 1.50 bits per heavy atom. The summed E-state index contributed by atoms with van der Waals surface area (Å²) >= 11 is 4.78. The highest BCUT2D eigenvalue weighted by Crippen LogP contribution is 2.35. The number of hydrogen-bond acceptors (Lipinski definition) is 4. The molecule has 2 aromatic rings. The molecule has 2 rings (SSSR count). The molecular weight excluding hydrogens is 360 g/mol. The van der Waals surface area contributed by atoms with Crippen molar-refractivity contribution in [1.29, 1.82) is 0 Å². The van der Waals surface area contributed by atoms with Crippen molar-refractivity contribution < 1.29 is 9.00 Å². The molecular formula is C13H15BrN2O2S2. The SMILES string of the molecule is CS(=O)CCCNC(=O)c1sc2ccc(Br)cc2c1N. The van der Waals surface area contributed by atoms with Crippen LogP contribution in [0.3, 0.4) is 0 Å². The summed E-state index contributed by atoms with van der Waals surface area (Å²) in [5.74, 6) is 0.427. The van der Waals surface area contributed by atoms with Gasteiger partial charge in [0.15, 0.2) is 0 Å². The van der Waals surface area contributed by atoms with Gasteiger partial charge in [-0.2, -0.15) is 0 Å². The van der Waals surface area contributed by atoms with E-state index in [1.54, 1.807) is 6.26 Å². The first-order chi connectivity index (χ1) is 9.49. The third kappa shape index (κ3) is 3.59. The van der Waals surface area contributed by atoms with Gasteiger partial charge < -0.3 is 11.1 Å². The summed E-state index contributed by atoms with van der Waals surface area (Å²) in [6, 6.07) is 5.78. The molecule has 0 aliphatic carbocycles. The Balaban J connectivity index is 2.10. The summed E-state index contributed by atoms with van der Waals surface area (Å²) in [7, 11) is -0.823. The predicted molar refractivity (Wildman–Crippen MR) is 89.8 cm³/mol. The van der Waals surface area contributed by atoms with Crippen molar-refractivity contribution in [3.63, 3.8) is 0 Å². The van der Waals surface area contributed by atoms with Crippen LogP contribution < -0.4 is 11.1 Å². The number of thiophene rings is 1. The van der Waals surface area contributed by atoms with Crippen molar-refractivity contribution in [2.24, 2.45) is 0 Å². The number of nitrogen functional groups attached to an aromatic ring is 1. The van der Waals surface area contributed by atoms with Gasteiger partial charge in [0.05, 0.1) is 5.69 Å². The second-order valence-electron chi connectivity index (χ2n) is 4.37. The van der Waals surface area contributed by atoms with Gasteiger partial charge in [-0.25, -0.2) is 0 Å². The van der Waals surface area contributed by atoms with E-state index < -0.39 is 10.8 Å². The van der Waals surface area contributed by atoms with Gasteiger partial charge in [0.25, 0.3) is 5.91 Å². The third-order valence-corrected chi connectivity index (χ3v) is 5.33. The molecule has 0 saturated heterocycles. The van der Waals surface area contributed by atoms with Crippen molar-refractivity contribution in [1.82, 2.24) is 5.32 Å². The number of hydrogen-bond donors (Lipinski definition) is 2. The van der Waals surface area contributed by atoms with E-state index in [-0.39, 0.29) is 5.91 Å². The van der Waals surface area contributed by atoms with Crippen LogP contribution in [0.2, 0.25) is 0 Å². The quantitative estimate of drug-likeness (QED) is 0.790. The zero-order valence-corrected chi connectivity index (χ0v) is 14.2. The van der Waals surface area contributed by atoms with E-state index in [0.717, 1.165) is 14.6 Å². The predicted octanol–water partition coefficient (Wildman–Crippen LogP) is 2.74. The average Bonchev–Trinajstić information content (AvgIpc) is 2.72. The lowest BCUT2D eigenvalue weighted by Crippen LogP contribution is -2.25.